The van der Waals surface area contributed by atoms with Gasteiger partial charge < -0.3 is 52.9 Å². The number of unbranched alkanes of at least 4 members (excludes halogenated alkanes) is 2. The molecule has 320 valence electrons. The quantitative estimate of drug-likeness (QED) is 0.0296. The van der Waals surface area contributed by atoms with Crippen LogP contribution in [0, 0.1) is 0 Å². The van der Waals surface area contributed by atoms with Gasteiger partial charge in [0.05, 0.1) is 111 Å². The number of rotatable bonds is 35. The van der Waals surface area contributed by atoms with Crippen molar-refractivity contribution in [2.45, 2.75) is 38.6 Å². The molecular formula is C38H58N10O10. The molecule has 0 amide bonds. The number of hydrogen-bond acceptors (Lipinski definition) is 17. The van der Waals surface area contributed by atoms with Crippen molar-refractivity contribution in [3.05, 3.63) is 35.0 Å². The summed E-state index contributed by atoms with van der Waals surface area (Å²) in [6.07, 6.45) is 4.98. The number of aromatic nitrogens is 5. The van der Waals surface area contributed by atoms with Crippen LogP contribution in [0.3, 0.4) is 0 Å². The SMILES string of the molecule is CN(C)c1ncnc2c1c(-c1ccc3oc(N)nc3c1)nn2CCCCCC(=O)CCOCCOCCOCCOCCOCCOCCOCCOCCN=[N+]=[N-]. The molecule has 4 rings (SSSR count). The van der Waals surface area contributed by atoms with Gasteiger partial charge in [-0.15, -0.1) is 0 Å². The van der Waals surface area contributed by atoms with Gasteiger partial charge in [-0.05, 0) is 36.6 Å². The lowest BCUT2D eigenvalue weighted by Gasteiger charge is -2.12. The number of nitrogens with zero attached hydrogens (tertiary/aromatic N) is 9. The van der Waals surface area contributed by atoms with E-state index in [4.69, 9.17) is 58.7 Å². The molecule has 0 atom stereocenters. The molecule has 0 bridgehead atoms. The first-order valence-electron chi connectivity index (χ1n) is 19.7. The number of nitrogen functional groups attached to an aromatic ring is 1. The molecule has 0 aliphatic carbocycles. The molecule has 3 aromatic heterocycles. The summed E-state index contributed by atoms with van der Waals surface area (Å²) in [4.78, 5) is 30.4. The molecule has 3 heterocycles. The van der Waals surface area contributed by atoms with Gasteiger partial charge >= 0.3 is 0 Å². The number of carbonyl (C=O) groups is 1. The summed E-state index contributed by atoms with van der Waals surface area (Å²) in [5.74, 6) is 0.963. The van der Waals surface area contributed by atoms with E-state index in [1.54, 1.807) is 6.33 Å². The zero-order valence-electron chi connectivity index (χ0n) is 33.8. The van der Waals surface area contributed by atoms with Gasteiger partial charge in [-0.25, -0.2) is 14.6 Å². The minimum absolute atomic E-state index is 0.118. The molecule has 0 aliphatic heterocycles. The fourth-order valence-corrected chi connectivity index (χ4v) is 5.65. The van der Waals surface area contributed by atoms with Gasteiger partial charge in [0, 0.05) is 50.5 Å². The van der Waals surface area contributed by atoms with Crippen molar-refractivity contribution in [2.24, 2.45) is 5.11 Å². The van der Waals surface area contributed by atoms with E-state index in [2.05, 4.69) is 25.0 Å². The highest BCUT2D eigenvalue weighted by molar-refractivity contribution is 6.00. The normalized spacial score (nSPS) is 11.5. The number of fused-ring (bicyclic) bond motifs is 2. The fourth-order valence-electron chi connectivity index (χ4n) is 5.65. The second-order valence-electron chi connectivity index (χ2n) is 13.0. The Morgan fingerprint density at radius 1 is 0.776 bits per heavy atom. The molecule has 0 saturated heterocycles. The lowest BCUT2D eigenvalue weighted by atomic mass is 10.1. The van der Waals surface area contributed by atoms with E-state index in [0.29, 0.717) is 143 Å². The number of hydrogen-bond donors (Lipinski definition) is 1. The summed E-state index contributed by atoms with van der Waals surface area (Å²) < 4.78 is 51.0. The van der Waals surface area contributed by atoms with E-state index in [9.17, 15) is 4.79 Å². The summed E-state index contributed by atoms with van der Waals surface area (Å²) in [5.41, 5.74) is 17.6. The zero-order chi connectivity index (χ0) is 41.0. The predicted molar refractivity (Wildman–Crippen MR) is 216 cm³/mol. The van der Waals surface area contributed by atoms with Crippen molar-refractivity contribution >= 4 is 39.7 Å². The highest BCUT2D eigenvalue weighted by atomic mass is 16.6. The van der Waals surface area contributed by atoms with Crippen LogP contribution in [0.4, 0.5) is 11.8 Å². The third-order valence-electron chi connectivity index (χ3n) is 8.46. The molecule has 1 aromatic carbocycles. The fraction of sp³-hybridized carbons (Fsp3) is 0.658. The third kappa shape index (κ3) is 17.2. The van der Waals surface area contributed by atoms with Crippen LogP contribution in [0.25, 0.3) is 43.8 Å². The monoisotopic (exact) mass is 814 g/mol. The first-order chi connectivity index (χ1) is 28.5. The van der Waals surface area contributed by atoms with E-state index in [0.717, 1.165) is 47.4 Å². The summed E-state index contributed by atoms with van der Waals surface area (Å²) in [6, 6.07) is 5.80. The molecule has 0 spiro atoms. The predicted octanol–water partition coefficient (Wildman–Crippen LogP) is 4.25. The summed E-state index contributed by atoms with van der Waals surface area (Å²) in [5, 5.41) is 9.19. The number of benzene rings is 1. The van der Waals surface area contributed by atoms with E-state index in [-0.39, 0.29) is 11.8 Å². The number of anilines is 2. The van der Waals surface area contributed by atoms with Gasteiger partial charge in [-0.1, -0.05) is 11.5 Å². The molecular weight excluding hydrogens is 756 g/mol. The summed E-state index contributed by atoms with van der Waals surface area (Å²) >= 11 is 0. The van der Waals surface area contributed by atoms with E-state index >= 15 is 0 Å². The highest BCUT2D eigenvalue weighted by Gasteiger charge is 2.20. The largest absolute Gasteiger partial charge is 0.424 e. The Bertz CT molecular complexity index is 1800. The first-order valence-corrected chi connectivity index (χ1v) is 19.7. The topological polar surface area (TPSA) is 239 Å². The number of ether oxygens (including phenoxy) is 8. The summed E-state index contributed by atoms with van der Waals surface area (Å²) in [7, 11) is 3.88. The molecule has 0 radical (unpaired) electrons. The van der Waals surface area contributed by atoms with Crippen LogP contribution in [0.15, 0.2) is 34.1 Å². The minimum atomic E-state index is 0.118. The Balaban J connectivity index is 0.928. The van der Waals surface area contributed by atoms with Crippen molar-refractivity contribution in [1.29, 1.82) is 0 Å². The van der Waals surface area contributed by atoms with Crippen LogP contribution in [0.5, 0.6) is 0 Å². The van der Waals surface area contributed by atoms with Crippen LogP contribution in [0.2, 0.25) is 0 Å². The van der Waals surface area contributed by atoms with Crippen LogP contribution in [-0.2, 0) is 49.2 Å². The maximum absolute atomic E-state index is 12.4. The third-order valence-corrected chi connectivity index (χ3v) is 8.46. The zero-order valence-corrected chi connectivity index (χ0v) is 33.8. The average Bonchev–Trinajstić information content (AvgIpc) is 3.79. The molecule has 0 unspecified atom stereocenters. The van der Waals surface area contributed by atoms with E-state index in [1.807, 2.05) is 41.9 Å². The second kappa shape index (κ2) is 28.0. The van der Waals surface area contributed by atoms with Gasteiger partial charge in [-0.2, -0.15) is 10.1 Å². The van der Waals surface area contributed by atoms with Gasteiger partial charge in [0.2, 0.25) is 0 Å². The molecule has 20 nitrogen and oxygen atoms in total. The van der Waals surface area contributed by atoms with Gasteiger partial charge in [0.1, 0.15) is 29.1 Å². The Morgan fingerprint density at radius 2 is 1.34 bits per heavy atom. The van der Waals surface area contributed by atoms with Crippen LogP contribution >= 0.6 is 0 Å². The Morgan fingerprint density at radius 3 is 1.91 bits per heavy atom. The van der Waals surface area contributed by atoms with E-state index in [1.165, 1.54) is 0 Å². The number of carbonyl (C=O) groups excluding carboxylic acids is 1. The van der Waals surface area contributed by atoms with E-state index < -0.39 is 0 Å². The van der Waals surface area contributed by atoms with Crippen molar-refractivity contribution < 1.29 is 47.1 Å². The second-order valence-corrected chi connectivity index (χ2v) is 13.0. The van der Waals surface area contributed by atoms with Crippen molar-refractivity contribution in [3.8, 4) is 11.3 Å². The molecule has 20 heteroatoms. The van der Waals surface area contributed by atoms with Crippen LogP contribution in [0.1, 0.15) is 32.1 Å². The number of nitrogens with two attached hydrogens (primary N) is 1. The number of aryl methyl sites for hydroxylation is 1. The number of ketones is 1. The first kappa shape index (κ1) is 46.2. The average molecular weight is 815 g/mol. The van der Waals surface area contributed by atoms with Crippen molar-refractivity contribution in [3.63, 3.8) is 0 Å². The van der Waals surface area contributed by atoms with Crippen molar-refractivity contribution in [1.82, 2.24) is 24.7 Å². The number of oxazole rings is 1. The van der Waals surface area contributed by atoms with Crippen LogP contribution < -0.4 is 10.6 Å². The lowest BCUT2D eigenvalue weighted by molar-refractivity contribution is -0.120. The molecule has 0 saturated carbocycles. The number of Topliss-reactive ketones (excluding diaryl/α,β-unsaturated/α-hetero) is 1. The molecule has 2 N–H and O–H groups in total. The highest BCUT2D eigenvalue weighted by Crippen LogP contribution is 2.34. The van der Waals surface area contributed by atoms with Crippen molar-refractivity contribution in [2.75, 3.05) is 137 Å². The Labute approximate surface area is 338 Å². The molecule has 0 fully saturated rings. The maximum Gasteiger partial charge on any atom is 0.292 e. The molecule has 58 heavy (non-hydrogen) atoms. The molecule has 4 aromatic rings. The van der Waals surface area contributed by atoms with Gasteiger partial charge in [0.15, 0.2) is 11.2 Å². The Kier molecular flexibility index (Phi) is 22.3. The van der Waals surface area contributed by atoms with Crippen LogP contribution in [-0.4, -0.2) is 157 Å². The minimum Gasteiger partial charge on any atom is -0.424 e. The smallest absolute Gasteiger partial charge is 0.292 e. The lowest BCUT2D eigenvalue weighted by Crippen LogP contribution is -2.15. The van der Waals surface area contributed by atoms with Gasteiger partial charge in [0.25, 0.3) is 6.01 Å². The van der Waals surface area contributed by atoms with Gasteiger partial charge in [-0.3, -0.25) is 4.79 Å². The molecule has 0 aliphatic rings. The summed E-state index contributed by atoms with van der Waals surface area (Å²) in [6.45, 7) is 8.23. The number of azide groups is 1. The Hall–Kier alpha value is -4.50. The maximum atomic E-state index is 12.4. The standard InChI is InChI=1S/C38H58N10O10/c1-47(2)36-34-35(30-7-8-33-32(28-30)44-38(39)58-33)45-48(37(34)42-29-41-36)11-5-3-4-6-31(49)9-12-50-14-16-52-18-20-54-22-24-56-26-27-57-25-23-55-21-19-53-17-15-51-13-10-43-46-40/h7-8,28-29H,3-6,9-27H2,1-2H3,(H2,39,44).